The molecule has 0 atom stereocenters. The largest absolute Gasteiger partial charge is 0.573 e. The summed E-state index contributed by atoms with van der Waals surface area (Å²) in [4.78, 5) is 10.2. The number of allylic oxidation sites excluding steroid dienone is 1. The van der Waals surface area contributed by atoms with E-state index in [4.69, 9.17) is 12.2 Å². The van der Waals surface area contributed by atoms with Crippen LogP contribution in [0.15, 0.2) is 72.1 Å². The summed E-state index contributed by atoms with van der Waals surface area (Å²) in [5.41, 5.74) is 6.20. The summed E-state index contributed by atoms with van der Waals surface area (Å²) in [6.07, 6.45) is 3.53. The highest BCUT2D eigenvalue weighted by atomic mass is 32.1. The number of hydrogen-bond acceptors (Lipinski definition) is 6. The first-order valence-electron chi connectivity index (χ1n) is 10.9. The lowest BCUT2D eigenvalue weighted by atomic mass is 10.0. The molecule has 0 radical (unpaired) electrons. The number of thiocarbonyl (C=S) groups is 1. The minimum atomic E-state index is -4.73. The molecule has 3 rings (SSSR count). The van der Waals surface area contributed by atoms with Crippen LogP contribution in [0.2, 0.25) is 0 Å². The molecule has 7 nitrogen and oxygen atoms in total. The second kappa shape index (κ2) is 12.1. The van der Waals surface area contributed by atoms with Gasteiger partial charge in [0.05, 0.1) is 0 Å². The quantitative estimate of drug-likeness (QED) is 0.209. The molecular weight excluding hydrogens is 489 g/mol. The highest BCUT2D eigenvalue weighted by Gasteiger charge is 2.31. The van der Waals surface area contributed by atoms with Crippen molar-refractivity contribution in [2.24, 2.45) is 5.10 Å². The molecule has 0 saturated heterocycles. The number of benzene rings is 2. The highest BCUT2D eigenvalue weighted by molar-refractivity contribution is 7.80. The molecule has 0 bridgehead atoms. The van der Waals surface area contributed by atoms with Crippen LogP contribution < -0.4 is 20.4 Å². The van der Waals surface area contributed by atoms with Gasteiger partial charge in [0.2, 0.25) is 5.95 Å². The number of halogens is 3. The van der Waals surface area contributed by atoms with E-state index in [0.29, 0.717) is 22.7 Å². The van der Waals surface area contributed by atoms with Gasteiger partial charge in [-0.05, 0) is 60.1 Å². The van der Waals surface area contributed by atoms with Crippen LogP contribution in [0.4, 0.5) is 30.5 Å². The maximum absolute atomic E-state index is 12.3. The number of anilines is 3. The van der Waals surface area contributed by atoms with Crippen molar-refractivity contribution in [3.05, 3.63) is 78.1 Å². The number of hydrazone groups is 1. The zero-order chi connectivity index (χ0) is 26.1. The number of para-hydroxylation sites is 1. The second-order valence-electron chi connectivity index (χ2n) is 7.86. The second-order valence-corrected chi connectivity index (χ2v) is 8.27. The SMILES string of the molecule is CC(C)c1ccccc1NC(=S)N/N=C/C=C/c1cnc(N(C)c2ccc(OC(F)(F)F)cc2)nc1. The lowest BCUT2D eigenvalue weighted by Crippen LogP contribution is -2.24. The third kappa shape index (κ3) is 8.05. The molecule has 0 aliphatic carbocycles. The molecule has 0 aliphatic rings. The predicted octanol–water partition coefficient (Wildman–Crippen LogP) is 6.25. The van der Waals surface area contributed by atoms with Crippen LogP contribution in [0.25, 0.3) is 6.08 Å². The zero-order valence-electron chi connectivity index (χ0n) is 19.8. The van der Waals surface area contributed by atoms with Gasteiger partial charge in [-0.25, -0.2) is 9.97 Å². The summed E-state index contributed by atoms with van der Waals surface area (Å²) in [5.74, 6) is 0.439. The van der Waals surface area contributed by atoms with Gasteiger partial charge in [0.15, 0.2) is 5.11 Å². The predicted molar refractivity (Wildman–Crippen MR) is 141 cm³/mol. The summed E-state index contributed by atoms with van der Waals surface area (Å²) < 4.78 is 40.8. The molecule has 3 aromatic rings. The Morgan fingerprint density at radius 3 is 2.39 bits per heavy atom. The van der Waals surface area contributed by atoms with Gasteiger partial charge in [-0.15, -0.1) is 13.2 Å². The molecule has 1 aromatic heterocycles. The minimum absolute atomic E-state index is 0.297. The molecular formula is C25H25F3N6OS. The number of ether oxygens (including phenoxy) is 1. The van der Waals surface area contributed by atoms with Crippen molar-refractivity contribution in [3.8, 4) is 5.75 Å². The Hall–Kier alpha value is -3.99. The van der Waals surface area contributed by atoms with E-state index in [9.17, 15) is 13.2 Å². The van der Waals surface area contributed by atoms with Gasteiger partial charge in [0, 0.05) is 42.6 Å². The molecule has 0 amide bonds. The van der Waals surface area contributed by atoms with Crippen LogP contribution in [0.5, 0.6) is 5.75 Å². The summed E-state index contributed by atoms with van der Waals surface area (Å²) in [6.45, 7) is 4.23. The molecule has 1 heterocycles. The average Bonchev–Trinajstić information content (AvgIpc) is 2.83. The molecule has 2 N–H and O–H groups in total. The van der Waals surface area contributed by atoms with Crippen LogP contribution in [0.3, 0.4) is 0 Å². The number of nitrogens with zero attached hydrogens (tertiary/aromatic N) is 4. The van der Waals surface area contributed by atoms with Gasteiger partial charge >= 0.3 is 6.36 Å². The Labute approximate surface area is 212 Å². The smallest absolute Gasteiger partial charge is 0.406 e. The molecule has 0 aliphatic heterocycles. The van der Waals surface area contributed by atoms with Crippen molar-refractivity contribution in [1.82, 2.24) is 15.4 Å². The number of rotatable bonds is 8. The first-order chi connectivity index (χ1) is 17.1. The lowest BCUT2D eigenvalue weighted by Gasteiger charge is -2.17. The Kier molecular flexibility index (Phi) is 8.96. The summed E-state index contributed by atoms with van der Waals surface area (Å²) >= 11 is 5.29. The molecule has 188 valence electrons. The minimum Gasteiger partial charge on any atom is -0.406 e. The van der Waals surface area contributed by atoms with Crippen LogP contribution in [0, 0.1) is 0 Å². The Balaban J connectivity index is 1.51. The Morgan fingerprint density at radius 2 is 1.75 bits per heavy atom. The van der Waals surface area contributed by atoms with Crippen LogP contribution in [-0.4, -0.2) is 34.7 Å². The summed E-state index contributed by atoms with van der Waals surface area (Å²) in [6, 6.07) is 13.4. The van der Waals surface area contributed by atoms with Crippen molar-refractivity contribution in [2.75, 3.05) is 17.3 Å². The monoisotopic (exact) mass is 514 g/mol. The summed E-state index contributed by atoms with van der Waals surface area (Å²) in [7, 11) is 1.71. The maximum atomic E-state index is 12.3. The van der Waals surface area contributed by atoms with E-state index < -0.39 is 6.36 Å². The van der Waals surface area contributed by atoms with Gasteiger partial charge in [0.1, 0.15) is 5.75 Å². The van der Waals surface area contributed by atoms with E-state index in [1.54, 1.807) is 42.7 Å². The van der Waals surface area contributed by atoms with Crippen molar-refractivity contribution in [1.29, 1.82) is 0 Å². The molecule has 0 unspecified atom stereocenters. The van der Waals surface area contributed by atoms with Crippen molar-refractivity contribution in [3.63, 3.8) is 0 Å². The first-order valence-corrected chi connectivity index (χ1v) is 11.3. The fraction of sp³-hybridized carbons (Fsp3) is 0.200. The van der Waals surface area contributed by atoms with E-state index >= 15 is 0 Å². The summed E-state index contributed by atoms with van der Waals surface area (Å²) in [5, 5.41) is 7.60. The van der Waals surface area contributed by atoms with E-state index in [1.165, 1.54) is 24.3 Å². The van der Waals surface area contributed by atoms with Crippen LogP contribution in [-0.2, 0) is 0 Å². The highest BCUT2D eigenvalue weighted by Crippen LogP contribution is 2.27. The van der Waals surface area contributed by atoms with Gasteiger partial charge in [0.25, 0.3) is 0 Å². The van der Waals surface area contributed by atoms with E-state index in [0.717, 1.165) is 16.8 Å². The third-order valence-corrected chi connectivity index (χ3v) is 5.06. The molecule has 0 fully saturated rings. The number of hydrogen-bond donors (Lipinski definition) is 2. The Bertz CT molecular complexity index is 1210. The van der Waals surface area contributed by atoms with E-state index in [1.807, 2.05) is 18.2 Å². The normalized spacial score (nSPS) is 11.8. The molecule has 0 saturated carbocycles. The molecule has 0 spiro atoms. The fourth-order valence-corrected chi connectivity index (χ4v) is 3.30. The van der Waals surface area contributed by atoms with Crippen molar-refractivity contribution < 1.29 is 17.9 Å². The average molecular weight is 515 g/mol. The van der Waals surface area contributed by atoms with Gasteiger partial charge in [-0.1, -0.05) is 38.1 Å². The van der Waals surface area contributed by atoms with Crippen molar-refractivity contribution >= 4 is 46.9 Å². The first kappa shape index (κ1) is 26.6. The maximum Gasteiger partial charge on any atom is 0.573 e. The number of alkyl halides is 3. The number of aromatic nitrogens is 2. The molecule has 2 aromatic carbocycles. The molecule has 36 heavy (non-hydrogen) atoms. The zero-order valence-corrected chi connectivity index (χ0v) is 20.6. The topological polar surface area (TPSA) is 74.7 Å². The van der Waals surface area contributed by atoms with E-state index in [-0.39, 0.29) is 5.75 Å². The van der Waals surface area contributed by atoms with Crippen LogP contribution in [0.1, 0.15) is 30.9 Å². The fourth-order valence-electron chi connectivity index (χ4n) is 3.14. The number of nitrogens with one attached hydrogen (secondary N) is 2. The van der Waals surface area contributed by atoms with Crippen molar-refractivity contribution in [2.45, 2.75) is 26.1 Å². The standard InChI is InChI=1S/C25H25F3N6OS/c1-17(2)21-8-4-5-9-22(21)32-24(36)33-31-14-6-7-18-15-29-23(30-16-18)34(3)19-10-12-20(13-11-19)35-25(26,27)28/h4-17H,1-3H3,(H2,32,33,36)/b7-6+,31-14+. The lowest BCUT2D eigenvalue weighted by molar-refractivity contribution is -0.274. The third-order valence-electron chi connectivity index (χ3n) is 4.86. The van der Waals surface area contributed by atoms with Gasteiger partial charge < -0.3 is 15.0 Å². The van der Waals surface area contributed by atoms with E-state index in [2.05, 4.69) is 50.5 Å². The molecule has 11 heteroatoms. The van der Waals surface area contributed by atoms with Crippen LogP contribution >= 0.6 is 12.2 Å². The van der Waals surface area contributed by atoms with Gasteiger partial charge in [-0.2, -0.15) is 5.10 Å². The Morgan fingerprint density at radius 1 is 1.08 bits per heavy atom. The van der Waals surface area contributed by atoms with Gasteiger partial charge in [-0.3, -0.25) is 5.43 Å².